The number of halogens is 1. The lowest BCUT2D eigenvalue weighted by Crippen LogP contribution is -2.48. The summed E-state index contributed by atoms with van der Waals surface area (Å²) < 4.78 is 15.4. The number of anilines is 1. The zero-order valence-electron chi connectivity index (χ0n) is 16.8. The summed E-state index contributed by atoms with van der Waals surface area (Å²) in [4.78, 5) is 33.1. The number of carbonyl (C=O) groups is 1. The van der Waals surface area contributed by atoms with Gasteiger partial charge in [-0.25, -0.2) is 9.37 Å². The summed E-state index contributed by atoms with van der Waals surface area (Å²) in [5.74, 6) is 0.976. The molecular formula is C22H26FN5O2. The number of rotatable bonds is 4. The molecule has 0 radical (unpaired) electrons. The van der Waals surface area contributed by atoms with Crippen molar-refractivity contribution in [3.63, 3.8) is 0 Å². The first-order valence-corrected chi connectivity index (χ1v) is 10.6. The molecule has 0 saturated carbocycles. The van der Waals surface area contributed by atoms with E-state index in [0.29, 0.717) is 44.1 Å². The number of nitrogens with two attached hydrogens (primary N) is 1. The van der Waals surface area contributed by atoms with Crippen LogP contribution in [0.2, 0.25) is 0 Å². The molecule has 1 amide bonds. The number of primary amides is 1. The van der Waals surface area contributed by atoms with Gasteiger partial charge in [0.2, 0.25) is 5.91 Å². The van der Waals surface area contributed by atoms with E-state index in [-0.39, 0.29) is 11.5 Å². The number of hydrogen-bond donors (Lipinski definition) is 1. The Morgan fingerprint density at radius 2 is 2.03 bits per heavy atom. The molecule has 2 aromatic rings. The minimum Gasteiger partial charge on any atom is -0.366 e. The maximum atomic E-state index is 13.5. The van der Waals surface area contributed by atoms with E-state index in [0.717, 1.165) is 36.6 Å². The number of likely N-dealkylation sites (tertiary alicyclic amines) is 1. The molecule has 2 bridgehead atoms. The summed E-state index contributed by atoms with van der Waals surface area (Å²) in [5.41, 5.74) is 7.61. The van der Waals surface area contributed by atoms with E-state index in [1.165, 1.54) is 6.20 Å². The molecule has 2 N–H and O–H groups in total. The van der Waals surface area contributed by atoms with Crippen LogP contribution in [-0.2, 0) is 13.1 Å². The summed E-state index contributed by atoms with van der Waals surface area (Å²) in [6, 6.07) is 7.55. The van der Waals surface area contributed by atoms with E-state index in [1.54, 1.807) is 6.07 Å². The number of piperidine rings is 1. The van der Waals surface area contributed by atoms with Gasteiger partial charge in [-0.15, -0.1) is 0 Å². The molecular weight excluding hydrogens is 385 g/mol. The summed E-state index contributed by atoms with van der Waals surface area (Å²) in [7, 11) is 0. The fourth-order valence-electron chi connectivity index (χ4n) is 5.19. The zero-order valence-corrected chi connectivity index (χ0v) is 16.8. The number of hydrogen-bond acceptors (Lipinski definition) is 5. The van der Waals surface area contributed by atoms with Crippen LogP contribution in [0.5, 0.6) is 0 Å². The van der Waals surface area contributed by atoms with E-state index in [9.17, 15) is 14.0 Å². The van der Waals surface area contributed by atoms with Crippen molar-refractivity contribution < 1.29 is 9.18 Å². The third-order valence-electron chi connectivity index (χ3n) is 6.65. The van der Waals surface area contributed by atoms with E-state index in [2.05, 4.69) is 16.0 Å². The number of aromatic nitrogens is 2. The SMILES string of the molecule is NC(=O)c1ccc(N2C[C@@H]3C[C@H](C2)c2ccc(CN4CC[C@H](F)C4)c(=O)n2C3)nc1. The lowest BCUT2D eigenvalue weighted by Gasteiger charge is -2.43. The number of alkyl halides is 1. The maximum Gasteiger partial charge on any atom is 0.255 e. The molecule has 158 valence electrons. The van der Waals surface area contributed by atoms with Crippen LogP contribution in [0.1, 0.15) is 40.4 Å². The van der Waals surface area contributed by atoms with E-state index in [1.807, 2.05) is 21.6 Å². The molecule has 0 spiro atoms. The number of amides is 1. The quantitative estimate of drug-likeness (QED) is 0.825. The molecule has 5 rings (SSSR count). The van der Waals surface area contributed by atoms with Gasteiger partial charge in [-0.1, -0.05) is 6.07 Å². The van der Waals surface area contributed by atoms with Gasteiger partial charge in [0, 0.05) is 62.6 Å². The first-order chi connectivity index (χ1) is 14.5. The molecule has 0 aliphatic carbocycles. The van der Waals surface area contributed by atoms with Crippen molar-refractivity contribution in [3.8, 4) is 0 Å². The third-order valence-corrected chi connectivity index (χ3v) is 6.65. The van der Waals surface area contributed by atoms with Gasteiger partial charge >= 0.3 is 0 Å². The van der Waals surface area contributed by atoms with Gasteiger partial charge in [0.1, 0.15) is 12.0 Å². The van der Waals surface area contributed by atoms with Gasteiger partial charge in [-0.2, -0.15) is 0 Å². The highest BCUT2D eigenvalue weighted by Gasteiger charge is 2.35. The predicted molar refractivity (Wildman–Crippen MR) is 111 cm³/mol. The molecule has 2 aromatic heterocycles. The van der Waals surface area contributed by atoms with Crippen LogP contribution < -0.4 is 16.2 Å². The van der Waals surface area contributed by atoms with Gasteiger partial charge in [-0.05, 0) is 37.0 Å². The first kappa shape index (κ1) is 19.2. The lowest BCUT2D eigenvalue weighted by molar-refractivity contribution is 0.1000. The minimum absolute atomic E-state index is 0.0712. The lowest BCUT2D eigenvalue weighted by atomic mass is 9.83. The van der Waals surface area contributed by atoms with Crippen molar-refractivity contribution in [2.75, 3.05) is 31.1 Å². The Hall–Kier alpha value is -2.74. The Morgan fingerprint density at radius 1 is 1.17 bits per heavy atom. The summed E-state index contributed by atoms with van der Waals surface area (Å²) in [5, 5.41) is 0. The van der Waals surface area contributed by atoms with E-state index in [4.69, 9.17) is 5.73 Å². The summed E-state index contributed by atoms with van der Waals surface area (Å²) in [6.07, 6.45) is 2.36. The van der Waals surface area contributed by atoms with E-state index < -0.39 is 12.1 Å². The highest BCUT2D eigenvalue weighted by Crippen LogP contribution is 2.36. The Bertz CT molecular complexity index is 1020. The Balaban J connectivity index is 1.37. The van der Waals surface area contributed by atoms with Gasteiger partial charge in [0.15, 0.2) is 0 Å². The molecule has 2 saturated heterocycles. The fraction of sp³-hybridized carbons (Fsp3) is 0.500. The Labute approximate surface area is 174 Å². The van der Waals surface area contributed by atoms with Crippen LogP contribution in [0.25, 0.3) is 0 Å². The fourth-order valence-corrected chi connectivity index (χ4v) is 5.19. The van der Waals surface area contributed by atoms with Crippen LogP contribution in [0.3, 0.4) is 0 Å². The topological polar surface area (TPSA) is 84.5 Å². The Morgan fingerprint density at radius 3 is 2.73 bits per heavy atom. The van der Waals surface area contributed by atoms with Crippen molar-refractivity contribution in [1.82, 2.24) is 14.5 Å². The smallest absolute Gasteiger partial charge is 0.255 e. The molecule has 8 heteroatoms. The molecule has 0 unspecified atom stereocenters. The molecule has 3 aliphatic rings. The number of fused-ring (bicyclic) bond motifs is 4. The second kappa shape index (κ2) is 7.50. The molecule has 0 aromatic carbocycles. The normalized spacial score (nSPS) is 25.9. The second-order valence-corrected chi connectivity index (χ2v) is 8.79. The minimum atomic E-state index is -0.777. The van der Waals surface area contributed by atoms with Gasteiger partial charge < -0.3 is 15.2 Å². The number of nitrogens with zero attached hydrogens (tertiary/aromatic N) is 4. The maximum absolute atomic E-state index is 13.5. The van der Waals surface area contributed by atoms with Crippen molar-refractivity contribution in [3.05, 3.63) is 57.6 Å². The van der Waals surface area contributed by atoms with Crippen LogP contribution in [0.15, 0.2) is 35.3 Å². The molecule has 30 heavy (non-hydrogen) atoms. The van der Waals surface area contributed by atoms with Crippen LogP contribution in [0.4, 0.5) is 10.2 Å². The van der Waals surface area contributed by atoms with Crippen LogP contribution >= 0.6 is 0 Å². The number of pyridine rings is 2. The predicted octanol–water partition coefficient (Wildman–Crippen LogP) is 1.51. The largest absolute Gasteiger partial charge is 0.366 e. The highest BCUT2D eigenvalue weighted by atomic mass is 19.1. The first-order valence-electron chi connectivity index (χ1n) is 10.6. The van der Waals surface area contributed by atoms with E-state index >= 15 is 0 Å². The summed E-state index contributed by atoms with van der Waals surface area (Å²) >= 11 is 0. The monoisotopic (exact) mass is 411 g/mol. The van der Waals surface area contributed by atoms with Crippen molar-refractivity contribution >= 4 is 11.7 Å². The van der Waals surface area contributed by atoms with Crippen molar-refractivity contribution in [2.24, 2.45) is 11.7 Å². The second-order valence-electron chi connectivity index (χ2n) is 8.79. The van der Waals surface area contributed by atoms with Crippen LogP contribution in [0, 0.1) is 5.92 Å². The standard InChI is InChI=1S/C22H26FN5O2/c23-18-5-6-26(13-18)11-16-1-3-19-17-7-14(10-28(19)22(16)30)9-27(12-17)20-4-2-15(8-25-20)21(24)29/h1-4,8,14,17-18H,5-7,9-13H2,(H2,24,29)/t14-,17+,18-/m0/s1. The van der Waals surface area contributed by atoms with Crippen molar-refractivity contribution in [1.29, 1.82) is 0 Å². The van der Waals surface area contributed by atoms with Gasteiger partial charge in [0.25, 0.3) is 5.56 Å². The zero-order chi connectivity index (χ0) is 20.8. The number of carbonyl (C=O) groups excluding carboxylic acids is 1. The van der Waals surface area contributed by atoms with Crippen molar-refractivity contribution in [2.45, 2.75) is 38.0 Å². The van der Waals surface area contributed by atoms with Crippen LogP contribution in [-0.4, -0.2) is 52.7 Å². The molecule has 3 aliphatic heterocycles. The summed E-state index contributed by atoms with van der Waals surface area (Å²) in [6.45, 7) is 3.96. The van der Waals surface area contributed by atoms with Gasteiger partial charge in [0.05, 0.1) is 5.56 Å². The molecule has 2 fully saturated rings. The van der Waals surface area contributed by atoms with Gasteiger partial charge in [-0.3, -0.25) is 14.5 Å². The Kier molecular flexibility index (Phi) is 4.81. The highest BCUT2D eigenvalue weighted by molar-refractivity contribution is 5.92. The average Bonchev–Trinajstić information content (AvgIpc) is 3.15. The molecule has 7 nitrogen and oxygen atoms in total. The molecule has 5 heterocycles. The molecule has 3 atom stereocenters. The average molecular weight is 411 g/mol. The third kappa shape index (κ3) is 3.49.